The van der Waals surface area contributed by atoms with Crippen molar-refractivity contribution in [3.63, 3.8) is 0 Å². The lowest BCUT2D eigenvalue weighted by Crippen LogP contribution is -2.33. The van der Waals surface area contributed by atoms with Gasteiger partial charge in [0.2, 0.25) is 0 Å². The molecule has 0 atom stereocenters. The molecule has 2 rings (SSSR count). The molecule has 18 heavy (non-hydrogen) atoms. The van der Waals surface area contributed by atoms with Gasteiger partial charge in [-0.05, 0) is 36.6 Å². The van der Waals surface area contributed by atoms with E-state index in [-0.39, 0.29) is 6.54 Å². The van der Waals surface area contributed by atoms with Crippen LogP contribution >= 0.6 is 0 Å². The average molecular weight is 273 g/mol. The Morgan fingerprint density at radius 1 is 1.33 bits per heavy atom. The minimum atomic E-state index is -3.55. The smallest absolute Gasteiger partial charge is 0.301 e. The van der Waals surface area contributed by atoms with Crippen molar-refractivity contribution in [1.29, 1.82) is 0 Å². The second-order valence-electron chi connectivity index (χ2n) is 4.22. The SMILES string of the molecule is NCc1cc(F)ccc1NS(=O)(=O)N1CCCC1. The van der Waals surface area contributed by atoms with Crippen LogP contribution < -0.4 is 10.5 Å². The number of anilines is 1. The van der Waals surface area contributed by atoms with Gasteiger partial charge in [0.1, 0.15) is 5.82 Å². The molecule has 0 amide bonds. The molecule has 5 nitrogen and oxygen atoms in total. The topological polar surface area (TPSA) is 75.4 Å². The molecular formula is C11H16FN3O2S. The van der Waals surface area contributed by atoms with Crippen molar-refractivity contribution in [2.75, 3.05) is 17.8 Å². The highest BCUT2D eigenvalue weighted by Gasteiger charge is 2.25. The van der Waals surface area contributed by atoms with Crippen LogP contribution in [0.5, 0.6) is 0 Å². The largest absolute Gasteiger partial charge is 0.326 e. The Hall–Kier alpha value is -1.18. The predicted molar refractivity (Wildman–Crippen MR) is 67.6 cm³/mol. The maximum atomic E-state index is 13.0. The van der Waals surface area contributed by atoms with E-state index in [9.17, 15) is 12.8 Å². The number of rotatable bonds is 4. The van der Waals surface area contributed by atoms with E-state index in [0.29, 0.717) is 24.3 Å². The number of halogens is 1. The summed E-state index contributed by atoms with van der Waals surface area (Å²) in [6.07, 6.45) is 1.74. The molecular weight excluding hydrogens is 257 g/mol. The van der Waals surface area contributed by atoms with Crippen LogP contribution in [0.25, 0.3) is 0 Å². The van der Waals surface area contributed by atoms with Gasteiger partial charge >= 0.3 is 10.2 Å². The van der Waals surface area contributed by atoms with Crippen LogP contribution in [0.3, 0.4) is 0 Å². The summed E-state index contributed by atoms with van der Waals surface area (Å²) < 4.78 is 40.9. The number of nitrogens with zero attached hydrogens (tertiary/aromatic N) is 1. The quantitative estimate of drug-likeness (QED) is 0.860. The normalized spacial score (nSPS) is 17.0. The van der Waals surface area contributed by atoms with E-state index in [2.05, 4.69) is 4.72 Å². The summed E-state index contributed by atoms with van der Waals surface area (Å²) in [5.74, 6) is -0.431. The van der Waals surface area contributed by atoms with Gasteiger partial charge in [-0.3, -0.25) is 4.72 Å². The molecule has 0 unspecified atom stereocenters. The number of benzene rings is 1. The van der Waals surface area contributed by atoms with Gasteiger partial charge in [-0.1, -0.05) is 0 Å². The van der Waals surface area contributed by atoms with Crippen LogP contribution in [0.2, 0.25) is 0 Å². The maximum Gasteiger partial charge on any atom is 0.301 e. The predicted octanol–water partition coefficient (Wildman–Crippen LogP) is 1.04. The van der Waals surface area contributed by atoms with Crippen molar-refractivity contribution in [2.24, 2.45) is 5.73 Å². The molecule has 1 aliphatic heterocycles. The molecule has 0 radical (unpaired) electrons. The molecule has 1 aromatic rings. The highest BCUT2D eigenvalue weighted by atomic mass is 32.2. The standard InChI is InChI=1S/C11H16FN3O2S/c12-10-3-4-11(9(7-10)8-13)14-18(16,17)15-5-1-2-6-15/h3-4,7,14H,1-2,5-6,8,13H2. The number of nitrogens with two attached hydrogens (primary N) is 1. The van der Waals surface area contributed by atoms with Crippen molar-refractivity contribution in [2.45, 2.75) is 19.4 Å². The summed E-state index contributed by atoms with van der Waals surface area (Å²) in [4.78, 5) is 0. The number of hydrogen-bond acceptors (Lipinski definition) is 3. The molecule has 3 N–H and O–H groups in total. The number of hydrogen-bond donors (Lipinski definition) is 2. The molecule has 1 saturated heterocycles. The first kappa shape index (κ1) is 13.3. The van der Waals surface area contributed by atoms with Crippen molar-refractivity contribution < 1.29 is 12.8 Å². The zero-order chi connectivity index (χ0) is 13.2. The fourth-order valence-corrected chi connectivity index (χ4v) is 3.31. The average Bonchev–Trinajstić information content (AvgIpc) is 2.85. The summed E-state index contributed by atoms with van der Waals surface area (Å²) in [6, 6.07) is 3.84. The fourth-order valence-electron chi connectivity index (χ4n) is 1.96. The molecule has 1 fully saturated rings. The molecule has 1 aliphatic rings. The van der Waals surface area contributed by atoms with Gasteiger partial charge < -0.3 is 5.73 Å². The maximum absolute atomic E-state index is 13.0. The van der Waals surface area contributed by atoms with Gasteiger partial charge in [0.15, 0.2) is 0 Å². The van der Waals surface area contributed by atoms with E-state index in [4.69, 9.17) is 5.73 Å². The van der Waals surface area contributed by atoms with Crippen molar-refractivity contribution in [3.8, 4) is 0 Å². The Labute approximate surface area is 106 Å². The van der Waals surface area contributed by atoms with E-state index >= 15 is 0 Å². The van der Waals surface area contributed by atoms with Crippen molar-refractivity contribution in [3.05, 3.63) is 29.6 Å². The number of nitrogens with one attached hydrogen (secondary N) is 1. The fraction of sp³-hybridized carbons (Fsp3) is 0.455. The van der Waals surface area contributed by atoms with E-state index in [1.807, 2.05) is 0 Å². The van der Waals surface area contributed by atoms with E-state index in [1.54, 1.807) is 0 Å². The summed E-state index contributed by atoms with van der Waals surface area (Å²) >= 11 is 0. The summed E-state index contributed by atoms with van der Waals surface area (Å²) in [7, 11) is -3.55. The van der Waals surface area contributed by atoms with E-state index in [1.165, 1.54) is 22.5 Å². The van der Waals surface area contributed by atoms with Gasteiger partial charge in [0.05, 0.1) is 5.69 Å². The molecule has 100 valence electrons. The van der Waals surface area contributed by atoms with E-state index in [0.717, 1.165) is 12.8 Å². The highest BCUT2D eigenvalue weighted by molar-refractivity contribution is 7.90. The van der Waals surface area contributed by atoms with Gasteiger partial charge in [0, 0.05) is 19.6 Å². The van der Waals surface area contributed by atoms with Gasteiger partial charge in [0.25, 0.3) is 0 Å². The lowest BCUT2D eigenvalue weighted by Gasteiger charge is -2.18. The van der Waals surface area contributed by atoms with Crippen LogP contribution in [-0.2, 0) is 16.8 Å². The van der Waals surface area contributed by atoms with Crippen molar-refractivity contribution >= 4 is 15.9 Å². The van der Waals surface area contributed by atoms with Crippen LogP contribution in [0.1, 0.15) is 18.4 Å². The highest BCUT2D eigenvalue weighted by Crippen LogP contribution is 2.21. The summed E-state index contributed by atoms with van der Waals surface area (Å²) in [6.45, 7) is 1.12. The Morgan fingerprint density at radius 2 is 2.00 bits per heavy atom. The Morgan fingerprint density at radius 3 is 2.61 bits per heavy atom. The molecule has 7 heteroatoms. The second kappa shape index (κ2) is 5.21. The summed E-state index contributed by atoms with van der Waals surface area (Å²) in [5.41, 5.74) is 6.26. The Bertz CT molecular complexity index is 527. The Kier molecular flexibility index (Phi) is 3.84. The molecule has 0 aromatic heterocycles. The van der Waals surface area contributed by atoms with E-state index < -0.39 is 16.0 Å². The Balaban J connectivity index is 2.23. The lowest BCUT2D eigenvalue weighted by atomic mass is 10.2. The third-order valence-corrected chi connectivity index (χ3v) is 4.45. The molecule has 0 aliphatic carbocycles. The second-order valence-corrected chi connectivity index (χ2v) is 5.89. The van der Waals surface area contributed by atoms with Gasteiger partial charge in [-0.2, -0.15) is 12.7 Å². The zero-order valence-corrected chi connectivity index (χ0v) is 10.7. The van der Waals surface area contributed by atoms with Gasteiger partial charge in [-0.15, -0.1) is 0 Å². The minimum absolute atomic E-state index is 0.0790. The van der Waals surface area contributed by atoms with Crippen LogP contribution in [0, 0.1) is 5.82 Å². The molecule has 0 bridgehead atoms. The van der Waals surface area contributed by atoms with Crippen LogP contribution in [0.15, 0.2) is 18.2 Å². The van der Waals surface area contributed by atoms with Crippen molar-refractivity contribution in [1.82, 2.24) is 4.31 Å². The zero-order valence-electron chi connectivity index (χ0n) is 9.89. The van der Waals surface area contributed by atoms with Crippen LogP contribution in [-0.4, -0.2) is 25.8 Å². The van der Waals surface area contributed by atoms with Gasteiger partial charge in [-0.25, -0.2) is 4.39 Å². The third kappa shape index (κ3) is 2.80. The molecule has 0 spiro atoms. The third-order valence-electron chi connectivity index (χ3n) is 2.93. The molecule has 1 aromatic carbocycles. The first-order chi connectivity index (χ1) is 8.53. The first-order valence-corrected chi connectivity index (χ1v) is 7.23. The minimum Gasteiger partial charge on any atom is -0.326 e. The monoisotopic (exact) mass is 273 g/mol. The molecule has 0 saturated carbocycles. The van der Waals surface area contributed by atoms with Crippen LogP contribution in [0.4, 0.5) is 10.1 Å². The first-order valence-electron chi connectivity index (χ1n) is 5.79. The molecule has 1 heterocycles. The summed E-state index contributed by atoms with van der Waals surface area (Å²) in [5, 5.41) is 0. The lowest BCUT2D eigenvalue weighted by molar-refractivity contribution is 0.482.